The van der Waals surface area contributed by atoms with Crippen LogP contribution >= 0.6 is 11.6 Å². The molecule has 1 N–H and O–H groups in total. The number of nitrogens with one attached hydrogen (secondary N) is 1. The SMILES string of the molecule is Clc1ccc(-n2cc(-c3ccccc3)c3c(NC[C@H]4CCCO4)ncnc32)cc1. The predicted molar refractivity (Wildman–Crippen MR) is 117 cm³/mol. The van der Waals surface area contributed by atoms with Gasteiger partial charge < -0.3 is 14.6 Å². The number of nitrogens with zero attached hydrogens (tertiary/aromatic N) is 3. The zero-order chi connectivity index (χ0) is 19.6. The second-order valence-corrected chi connectivity index (χ2v) is 7.63. The molecule has 1 atom stereocenters. The van der Waals surface area contributed by atoms with E-state index in [0.29, 0.717) is 5.02 Å². The first-order valence-electron chi connectivity index (χ1n) is 9.82. The van der Waals surface area contributed by atoms with Gasteiger partial charge in [-0.1, -0.05) is 41.9 Å². The molecular weight excluding hydrogens is 384 g/mol. The minimum absolute atomic E-state index is 0.235. The molecule has 1 fully saturated rings. The summed E-state index contributed by atoms with van der Waals surface area (Å²) in [5.41, 5.74) is 4.08. The van der Waals surface area contributed by atoms with Crippen LogP contribution in [0.3, 0.4) is 0 Å². The normalized spacial score (nSPS) is 16.4. The van der Waals surface area contributed by atoms with Crippen LogP contribution in [0.1, 0.15) is 12.8 Å². The number of benzene rings is 2. The maximum absolute atomic E-state index is 6.09. The van der Waals surface area contributed by atoms with Crippen LogP contribution in [0.25, 0.3) is 27.8 Å². The monoisotopic (exact) mass is 404 g/mol. The Morgan fingerprint density at radius 3 is 2.66 bits per heavy atom. The molecule has 0 amide bonds. The van der Waals surface area contributed by atoms with Crippen LogP contribution in [-0.4, -0.2) is 33.8 Å². The Bertz CT molecular complexity index is 1120. The van der Waals surface area contributed by atoms with E-state index in [4.69, 9.17) is 16.3 Å². The van der Waals surface area contributed by atoms with Crippen LogP contribution in [0, 0.1) is 0 Å². The van der Waals surface area contributed by atoms with Crippen molar-refractivity contribution in [1.82, 2.24) is 14.5 Å². The minimum atomic E-state index is 0.235. The number of anilines is 1. The Labute approximate surface area is 174 Å². The zero-order valence-corrected chi connectivity index (χ0v) is 16.6. The minimum Gasteiger partial charge on any atom is -0.376 e. The molecule has 5 rings (SSSR count). The van der Waals surface area contributed by atoms with Crippen LogP contribution in [0.15, 0.2) is 67.1 Å². The molecule has 146 valence electrons. The summed E-state index contributed by atoms with van der Waals surface area (Å²) in [6, 6.07) is 18.1. The van der Waals surface area contributed by atoms with E-state index < -0.39 is 0 Å². The van der Waals surface area contributed by atoms with Crippen molar-refractivity contribution in [1.29, 1.82) is 0 Å². The van der Waals surface area contributed by atoms with Crippen LogP contribution in [0.5, 0.6) is 0 Å². The van der Waals surface area contributed by atoms with Gasteiger partial charge in [0.05, 0.1) is 11.5 Å². The quantitative estimate of drug-likeness (QED) is 0.488. The van der Waals surface area contributed by atoms with Gasteiger partial charge in [0.2, 0.25) is 0 Å². The van der Waals surface area contributed by atoms with Gasteiger partial charge in [-0.25, -0.2) is 9.97 Å². The molecule has 0 aliphatic carbocycles. The second kappa shape index (κ2) is 7.85. The average Bonchev–Trinajstić information content (AvgIpc) is 3.42. The van der Waals surface area contributed by atoms with Crippen LogP contribution in [0.2, 0.25) is 5.02 Å². The van der Waals surface area contributed by atoms with Crippen molar-refractivity contribution in [3.8, 4) is 16.8 Å². The van der Waals surface area contributed by atoms with Gasteiger partial charge in [0.25, 0.3) is 0 Å². The summed E-state index contributed by atoms with van der Waals surface area (Å²) >= 11 is 6.09. The summed E-state index contributed by atoms with van der Waals surface area (Å²) in [5, 5.41) is 5.22. The molecule has 6 heteroatoms. The number of ether oxygens (including phenoxy) is 1. The zero-order valence-electron chi connectivity index (χ0n) is 15.9. The van der Waals surface area contributed by atoms with E-state index >= 15 is 0 Å². The molecule has 0 bridgehead atoms. The maximum Gasteiger partial charge on any atom is 0.150 e. The Morgan fingerprint density at radius 2 is 1.90 bits per heavy atom. The predicted octanol–water partition coefficient (Wildman–Crippen LogP) is 5.33. The second-order valence-electron chi connectivity index (χ2n) is 7.19. The fourth-order valence-electron chi connectivity index (χ4n) is 3.85. The van der Waals surface area contributed by atoms with Crippen molar-refractivity contribution in [2.45, 2.75) is 18.9 Å². The lowest BCUT2D eigenvalue weighted by Gasteiger charge is -2.12. The molecule has 3 heterocycles. The van der Waals surface area contributed by atoms with E-state index in [1.54, 1.807) is 6.33 Å². The summed E-state index contributed by atoms with van der Waals surface area (Å²) in [6.45, 7) is 1.58. The molecule has 2 aromatic heterocycles. The first-order valence-corrected chi connectivity index (χ1v) is 10.2. The summed E-state index contributed by atoms with van der Waals surface area (Å²) in [4.78, 5) is 9.18. The number of halogens is 1. The summed E-state index contributed by atoms with van der Waals surface area (Å²) < 4.78 is 7.85. The number of aromatic nitrogens is 3. The average molecular weight is 405 g/mol. The highest BCUT2D eigenvalue weighted by molar-refractivity contribution is 6.30. The molecule has 0 saturated carbocycles. The molecule has 4 aromatic rings. The van der Waals surface area contributed by atoms with Crippen molar-refractivity contribution in [2.75, 3.05) is 18.5 Å². The van der Waals surface area contributed by atoms with Crippen LogP contribution in [0.4, 0.5) is 5.82 Å². The molecule has 0 spiro atoms. The molecule has 1 aliphatic heterocycles. The first kappa shape index (κ1) is 18.2. The van der Waals surface area contributed by atoms with Crippen molar-refractivity contribution >= 4 is 28.5 Å². The van der Waals surface area contributed by atoms with Gasteiger partial charge in [0, 0.05) is 35.6 Å². The summed E-state index contributed by atoms with van der Waals surface area (Å²) in [6.07, 6.45) is 6.17. The first-order chi connectivity index (χ1) is 14.3. The van der Waals surface area contributed by atoms with Gasteiger partial charge in [-0.15, -0.1) is 0 Å². The Kier molecular flexibility index (Phi) is 4.92. The summed E-state index contributed by atoms with van der Waals surface area (Å²) in [5.74, 6) is 0.831. The third-order valence-electron chi connectivity index (χ3n) is 5.29. The third kappa shape index (κ3) is 3.59. The standard InChI is InChI=1S/C23H21ClN4O/c24-17-8-10-18(11-9-17)28-14-20(16-5-2-1-3-6-16)21-22(26-15-27-23(21)28)25-13-19-7-4-12-29-19/h1-3,5-6,8-11,14-15,19H,4,7,12-13H2,(H,25,26,27)/t19-/m1/s1. The molecular formula is C23H21ClN4O. The topological polar surface area (TPSA) is 52.0 Å². The van der Waals surface area contributed by atoms with Crippen molar-refractivity contribution in [2.24, 2.45) is 0 Å². The molecule has 5 nitrogen and oxygen atoms in total. The van der Waals surface area contributed by atoms with Gasteiger partial charge in [0.1, 0.15) is 12.1 Å². The highest BCUT2D eigenvalue weighted by atomic mass is 35.5. The fraction of sp³-hybridized carbons (Fsp3) is 0.217. The lowest BCUT2D eigenvalue weighted by Crippen LogP contribution is -2.19. The van der Waals surface area contributed by atoms with Crippen LogP contribution < -0.4 is 5.32 Å². The molecule has 1 aliphatic rings. The molecule has 29 heavy (non-hydrogen) atoms. The summed E-state index contributed by atoms with van der Waals surface area (Å²) in [7, 11) is 0. The van der Waals surface area contributed by atoms with E-state index in [1.165, 1.54) is 0 Å². The lowest BCUT2D eigenvalue weighted by atomic mass is 10.1. The van der Waals surface area contributed by atoms with Gasteiger partial charge in [-0.2, -0.15) is 0 Å². The van der Waals surface area contributed by atoms with E-state index in [2.05, 4.69) is 38.2 Å². The van der Waals surface area contributed by atoms with E-state index in [0.717, 1.165) is 59.7 Å². The van der Waals surface area contributed by atoms with E-state index in [1.807, 2.05) is 42.5 Å². The third-order valence-corrected chi connectivity index (χ3v) is 5.55. The Balaban J connectivity index is 1.65. The van der Waals surface area contributed by atoms with E-state index in [9.17, 15) is 0 Å². The van der Waals surface area contributed by atoms with Crippen LogP contribution in [-0.2, 0) is 4.74 Å². The number of fused-ring (bicyclic) bond motifs is 1. The Hall–Kier alpha value is -2.89. The highest BCUT2D eigenvalue weighted by Crippen LogP contribution is 2.35. The number of hydrogen-bond donors (Lipinski definition) is 1. The smallest absolute Gasteiger partial charge is 0.150 e. The molecule has 2 aromatic carbocycles. The number of rotatable bonds is 5. The van der Waals surface area contributed by atoms with Crippen molar-refractivity contribution in [3.63, 3.8) is 0 Å². The fourth-order valence-corrected chi connectivity index (χ4v) is 3.97. The van der Waals surface area contributed by atoms with Gasteiger partial charge in [0.15, 0.2) is 5.65 Å². The van der Waals surface area contributed by atoms with Crippen molar-refractivity contribution < 1.29 is 4.74 Å². The molecule has 1 saturated heterocycles. The highest BCUT2D eigenvalue weighted by Gasteiger charge is 2.19. The Morgan fingerprint density at radius 1 is 1.07 bits per heavy atom. The maximum atomic E-state index is 6.09. The molecule has 0 unspecified atom stereocenters. The van der Waals surface area contributed by atoms with Gasteiger partial charge in [-0.3, -0.25) is 0 Å². The van der Waals surface area contributed by atoms with Gasteiger partial charge in [-0.05, 0) is 42.7 Å². The molecule has 0 radical (unpaired) electrons. The number of hydrogen-bond acceptors (Lipinski definition) is 4. The lowest BCUT2D eigenvalue weighted by molar-refractivity contribution is 0.120. The van der Waals surface area contributed by atoms with Gasteiger partial charge >= 0.3 is 0 Å². The van der Waals surface area contributed by atoms with Crippen molar-refractivity contribution in [3.05, 3.63) is 72.1 Å². The van der Waals surface area contributed by atoms with E-state index in [-0.39, 0.29) is 6.10 Å². The largest absolute Gasteiger partial charge is 0.376 e.